The van der Waals surface area contributed by atoms with Crippen molar-refractivity contribution in [1.82, 2.24) is 19.4 Å². The van der Waals surface area contributed by atoms with Gasteiger partial charge in [-0.15, -0.1) is 0 Å². The molecule has 2 aliphatic rings. The fourth-order valence-electron chi connectivity index (χ4n) is 5.14. The Kier molecular flexibility index (Phi) is 5.98. The van der Waals surface area contributed by atoms with E-state index in [2.05, 4.69) is 16.0 Å². The summed E-state index contributed by atoms with van der Waals surface area (Å²) in [4.78, 5) is 22.9. The van der Waals surface area contributed by atoms with Crippen molar-refractivity contribution in [3.63, 3.8) is 0 Å². The molecular weight excluding hydrogens is 461 g/mol. The molecule has 2 aromatic heterocycles. The number of hydrogen-bond acceptors (Lipinski definition) is 6. The number of benzene rings is 1. The van der Waals surface area contributed by atoms with E-state index in [-0.39, 0.29) is 17.5 Å². The van der Waals surface area contributed by atoms with Gasteiger partial charge in [-0.1, -0.05) is 18.2 Å². The highest BCUT2D eigenvalue weighted by Crippen LogP contribution is 2.43. The number of aryl methyl sites for hydroxylation is 1. The largest absolute Gasteiger partial charge is 0.444 e. The van der Waals surface area contributed by atoms with Crippen molar-refractivity contribution in [2.45, 2.75) is 51.2 Å². The van der Waals surface area contributed by atoms with Crippen LogP contribution in [0.4, 0.5) is 15.0 Å². The van der Waals surface area contributed by atoms with Gasteiger partial charge in [-0.3, -0.25) is 0 Å². The van der Waals surface area contributed by atoms with Gasteiger partial charge in [0.15, 0.2) is 0 Å². The molecular formula is C27H32FN5O3. The molecule has 1 spiro atoms. The Labute approximate surface area is 209 Å². The van der Waals surface area contributed by atoms with Crippen molar-refractivity contribution in [1.29, 1.82) is 0 Å². The van der Waals surface area contributed by atoms with Crippen molar-refractivity contribution in [2.75, 3.05) is 25.4 Å². The molecule has 3 aromatic rings. The number of rotatable bonds is 2. The fraction of sp³-hybridized carbons (Fsp3) is 0.444. The van der Waals surface area contributed by atoms with Crippen molar-refractivity contribution in [2.24, 2.45) is 7.05 Å². The molecule has 0 bridgehead atoms. The molecule has 2 aliphatic heterocycles. The third kappa shape index (κ3) is 4.43. The number of hydrogen-bond donors (Lipinski definition) is 1. The van der Waals surface area contributed by atoms with Gasteiger partial charge in [-0.2, -0.15) is 0 Å². The summed E-state index contributed by atoms with van der Waals surface area (Å²) in [6, 6.07) is 6.38. The topological polar surface area (TPSA) is 95.5 Å². The van der Waals surface area contributed by atoms with Crippen molar-refractivity contribution in [3.05, 3.63) is 48.2 Å². The van der Waals surface area contributed by atoms with E-state index in [0.717, 1.165) is 47.0 Å². The summed E-state index contributed by atoms with van der Waals surface area (Å²) in [6.45, 7) is 7.23. The molecule has 1 fully saturated rings. The zero-order chi connectivity index (χ0) is 25.7. The number of nitrogens with two attached hydrogens (primary N) is 1. The Bertz CT molecular complexity index is 1330. The van der Waals surface area contributed by atoms with Crippen LogP contribution in [-0.4, -0.2) is 56.4 Å². The van der Waals surface area contributed by atoms with Crippen molar-refractivity contribution >= 4 is 28.5 Å². The number of likely N-dealkylation sites (tertiary alicyclic amines) is 1. The van der Waals surface area contributed by atoms with E-state index in [0.29, 0.717) is 31.2 Å². The first-order chi connectivity index (χ1) is 17.1. The van der Waals surface area contributed by atoms with E-state index in [4.69, 9.17) is 15.2 Å². The van der Waals surface area contributed by atoms with Crippen molar-refractivity contribution < 1.29 is 18.7 Å². The summed E-state index contributed by atoms with van der Waals surface area (Å²) < 4.78 is 27.7. The molecule has 1 amide bonds. The van der Waals surface area contributed by atoms with Crippen LogP contribution >= 0.6 is 0 Å². The Morgan fingerprint density at radius 3 is 2.47 bits per heavy atom. The van der Waals surface area contributed by atoms with Gasteiger partial charge in [-0.05, 0) is 63.3 Å². The number of fused-ring (bicyclic) bond motifs is 1. The monoisotopic (exact) mass is 493 g/mol. The molecule has 5 rings (SSSR count). The van der Waals surface area contributed by atoms with E-state index in [1.165, 1.54) is 18.5 Å². The lowest BCUT2D eigenvalue weighted by Gasteiger charge is -2.43. The summed E-state index contributed by atoms with van der Waals surface area (Å²) in [7, 11) is 1.95. The highest BCUT2D eigenvalue weighted by Gasteiger charge is 2.40. The summed E-state index contributed by atoms with van der Waals surface area (Å²) in [6.07, 6.45) is 5.62. The molecule has 1 aromatic carbocycles. The second kappa shape index (κ2) is 8.89. The number of ether oxygens (including phenoxy) is 2. The Morgan fingerprint density at radius 1 is 1.17 bits per heavy atom. The molecule has 0 unspecified atom stereocenters. The minimum atomic E-state index is -0.514. The predicted molar refractivity (Wildman–Crippen MR) is 137 cm³/mol. The normalized spacial score (nSPS) is 17.9. The number of nitrogen functional groups attached to an aromatic ring is 1. The predicted octanol–water partition coefficient (Wildman–Crippen LogP) is 4.93. The van der Waals surface area contributed by atoms with Crippen LogP contribution in [0.1, 0.15) is 45.7 Å². The third-order valence-corrected chi connectivity index (χ3v) is 7.01. The zero-order valence-electron chi connectivity index (χ0n) is 21.2. The Morgan fingerprint density at radius 2 is 1.86 bits per heavy atom. The molecule has 0 aliphatic carbocycles. The third-order valence-electron chi connectivity index (χ3n) is 7.01. The highest BCUT2D eigenvalue weighted by molar-refractivity contribution is 6.06. The van der Waals surface area contributed by atoms with Crippen LogP contribution in [0, 0.1) is 5.82 Å². The SMILES string of the molecule is Cn1c(C2=CCC3(CCN(C(=O)OC(C)(C)C)CC3)OC2)c(-c2ccc(F)cc2)c2c(N)ncnc21. The second-order valence-corrected chi connectivity index (χ2v) is 10.6. The first-order valence-electron chi connectivity index (χ1n) is 12.2. The number of carbonyl (C=O) groups excluding carboxylic acids is 1. The van der Waals surface area contributed by atoms with Gasteiger partial charge in [-0.25, -0.2) is 19.2 Å². The van der Waals surface area contributed by atoms with Gasteiger partial charge in [0.25, 0.3) is 0 Å². The van der Waals surface area contributed by atoms with Crippen molar-refractivity contribution in [3.8, 4) is 11.1 Å². The summed E-state index contributed by atoms with van der Waals surface area (Å²) in [5, 5.41) is 0.744. The number of anilines is 1. The van der Waals surface area contributed by atoms with Crippen LogP contribution in [0.15, 0.2) is 36.7 Å². The highest BCUT2D eigenvalue weighted by atomic mass is 19.1. The smallest absolute Gasteiger partial charge is 0.410 e. The first kappa shape index (κ1) is 24.2. The molecule has 4 heterocycles. The second-order valence-electron chi connectivity index (χ2n) is 10.6. The van der Waals surface area contributed by atoms with Gasteiger partial charge < -0.3 is 24.7 Å². The van der Waals surface area contributed by atoms with E-state index < -0.39 is 5.60 Å². The van der Waals surface area contributed by atoms with Crippen LogP contribution in [0.2, 0.25) is 0 Å². The van der Waals surface area contributed by atoms with Gasteiger partial charge in [0.2, 0.25) is 0 Å². The first-order valence-corrected chi connectivity index (χ1v) is 12.2. The minimum Gasteiger partial charge on any atom is -0.444 e. The molecule has 190 valence electrons. The Hall–Kier alpha value is -3.46. The van der Waals surface area contributed by atoms with Crippen LogP contribution in [0.5, 0.6) is 0 Å². The van der Waals surface area contributed by atoms with E-state index >= 15 is 0 Å². The maximum Gasteiger partial charge on any atom is 0.410 e. The molecule has 2 N–H and O–H groups in total. The number of nitrogens with zero attached hydrogens (tertiary/aromatic N) is 4. The van der Waals surface area contributed by atoms with Gasteiger partial charge in [0.1, 0.15) is 29.2 Å². The molecule has 8 nitrogen and oxygen atoms in total. The summed E-state index contributed by atoms with van der Waals surface area (Å²) in [5.41, 5.74) is 9.85. The quantitative estimate of drug-likeness (QED) is 0.544. The summed E-state index contributed by atoms with van der Waals surface area (Å²) in [5.74, 6) is 0.0779. The average molecular weight is 494 g/mol. The number of carbonyl (C=O) groups is 1. The van der Waals surface area contributed by atoms with Crippen LogP contribution in [0.3, 0.4) is 0 Å². The molecule has 1 saturated heterocycles. The molecule has 0 radical (unpaired) electrons. The van der Waals surface area contributed by atoms with Gasteiger partial charge in [0, 0.05) is 25.7 Å². The van der Waals surface area contributed by atoms with E-state index in [1.54, 1.807) is 17.0 Å². The van der Waals surface area contributed by atoms with E-state index in [9.17, 15) is 9.18 Å². The van der Waals surface area contributed by atoms with Gasteiger partial charge >= 0.3 is 6.09 Å². The number of aromatic nitrogens is 3. The molecule has 36 heavy (non-hydrogen) atoms. The maximum atomic E-state index is 13.7. The molecule has 9 heteroatoms. The number of halogens is 1. The molecule has 0 saturated carbocycles. The maximum absolute atomic E-state index is 13.7. The summed E-state index contributed by atoms with van der Waals surface area (Å²) >= 11 is 0. The van der Waals surface area contributed by atoms with Gasteiger partial charge in [0.05, 0.1) is 23.3 Å². The standard InChI is InChI=1S/C27H32FN5O3/c1-26(2,3)36-25(34)33-13-11-27(12-14-33)10-9-18(15-35-27)22-20(17-5-7-19(28)8-6-17)21-23(29)30-16-31-24(21)32(22)4/h5-9,16H,10-15H2,1-4H3,(H2,29,30,31). The average Bonchev–Trinajstić information content (AvgIpc) is 3.13. The lowest BCUT2D eigenvalue weighted by atomic mass is 9.84. The zero-order valence-corrected chi connectivity index (χ0v) is 21.2. The molecule has 0 atom stereocenters. The minimum absolute atomic E-state index is 0.275. The lowest BCUT2D eigenvalue weighted by molar-refractivity contribution is -0.0751. The Balaban J connectivity index is 1.44. The van der Waals surface area contributed by atoms with E-state index in [1.807, 2.05) is 32.4 Å². The lowest BCUT2D eigenvalue weighted by Crippen LogP contribution is -2.50. The fourth-order valence-corrected chi connectivity index (χ4v) is 5.14. The number of piperidine rings is 1. The van der Waals surface area contributed by atoms with Crippen LogP contribution < -0.4 is 5.73 Å². The van der Waals surface area contributed by atoms with Crippen LogP contribution in [-0.2, 0) is 16.5 Å². The van der Waals surface area contributed by atoms with Crippen LogP contribution in [0.25, 0.3) is 27.7 Å². The number of amides is 1.